The average Bonchev–Trinajstić information content (AvgIpc) is 2.75. The molecule has 0 radical (unpaired) electrons. The van der Waals surface area contributed by atoms with Gasteiger partial charge < -0.3 is 10.1 Å². The third-order valence-electron chi connectivity index (χ3n) is 4.49. The Morgan fingerprint density at radius 3 is 2.33 bits per heavy atom. The van der Waals surface area contributed by atoms with E-state index < -0.39 is 10.0 Å². The summed E-state index contributed by atoms with van der Waals surface area (Å²) in [7, 11) is -0.587. The summed E-state index contributed by atoms with van der Waals surface area (Å²) in [5.41, 5.74) is 1.80. The summed E-state index contributed by atoms with van der Waals surface area (Å²) in [5.74, 6) is 0.226. The van der Waals surface area contributed by atoms with Crippen LogP contribution in [0, 0.1) is 0 Å². The third-order valence-corrected chi connectivity index (χ3v) is 7.00. The van der Waals surface area contributed by atoms with Gasteiger partial charge in [0.15, 0.2) is 0 Å². The van der Waals surface area contributed by atoms with Gasteiger partial charge in [0.1, 0.15) is 5.75 Å². The molecule has 0 aliphatic rings. The largest absolute Gasteiger partial charge is 0.497 e. The highest BCUT2D eigenvalue weighted by Gasteiger charge is 2.21. The van der Waals surface area contributed by atoms with E-state index in [9.17, 15) is 13.2 Å². The van der Waals surface area contributed by atoms with Crippen LogP contribution in [0.5, 0.6) is 5.75 Å². The summed E-state index contributed by atoms with van der Waals surface area (Å²) >= 11 is 3.35. The highest BCUT2D eigenvalue weighted by atomic mass is 79.9. The molecule has 3 aromatic carbocycles. The summed E-state index contributed by atoms with van der Waals surface area (Å²) in [6.07, 6.45) is 0. The summed E-state index contributed by atoms with van der Waals surface area (Å²) in [6, 6.07) is 20.6. The molecule has 0 fully saturated rings. The molecule has 3 aromatic rings. The van der Waals surface area contributed by atoms with Gasteiger partial charge in [-0.1, -0.05) is 30.3 Å². The molecule has 0 heterocycles. The molecule has 0 aliphatic heterocycles. The molecular formula is C22H21BrN2O4S. The van der Waals surface area contributed by atoms with E-state index in [1.165, 1.54) is 23.5 Å². The highest BCUT2D eigenvalue weighted by Crippen LogP contribution is 2.24. The van der Waals surface area contributed by atoms with Gasteiger partial charge in [0.05, 0.1) is 17.6 Å². The molecule has 0 atom stereocenters. The maximum atomic E-state index is 12.8. The Kier molecular flexibility index (Phi) is 6.91. The zero-order valence-corrected chi connectivity index (χ0v) is 18.9. The molecule has 1 N–H and O–H groups in total. The van der Waals surface area contributed by atoms with E-state index >= 15 is 0 Å². The summed E-state index contributed by atoms with van der Waals surface area (Å²) in [4.78, 5) is 12.7. The number of carbonyl (C=O) groups excluding carboxylic acids is 1. The Hall–Kier alpha value is -2.68. The minimum atomic E-state index is -3.65. The second-order valence-corrected chi connectivity index (χ2v) is 9.47. The lowest BCUT2D eigenvalue weighted by atomic mass is 10.2. The third kappa shape index (κ3) is 5.08. The van der Waals surface area contributed by atoms with Crippen LogP contribution in [0.15, 0.2) is 82.2 Å². The number of rotatable bonds is 7. The van der Waals surface area contributed by atoms with Crippen LogP contribution in [-0.2, 0) is 16.6 Å². The van der Waals surface area contributed by atoms with Crippen LogP contribution in [0.1, 0.15) is 15.9 Å². The zero-order valence-electron chi connectivity index (χ0n) is 16.5. The lowest BCUT2D eigenvalue weighted by Crippen LogP contribution is -2.26. The van der Waals surface area contributed by atoms with Crippen molar-refractivity contribution in [3.05, 3.63) is 88.4 Å². The maximum Gasteiger partial charge on any atom is 0.256 e. The highest BCUT2D eigenvalue weighted by molar-refractivity contribution is 9.10. The van der Waals surface area contributed by atoms with Crippen molar-refractivity contribution in [2.75, 3.05) is 19.5 Å². The van der Waals surface area contributed by atoms with Crippen LogP contribution in [-0.4, -0.2) is 32.8 Å². The van der Waals surface area contributed by atoms with Gasteiger partial charge in [0, 0.05) is 23.8 Å². The number of nitrogens with zero attached hydrogens (tertiary/aromatic N) is 1. The number of ether oxygens (including phenoxy) is 1. The number of benzene rings is 3. The van der Waals surface area contributed by atoms with Crippen molar-refractivity contribution < 1.29 is 17.9 Å². The number of carbonyl (C=O) groups is 1. The second-order valence-electron chi connectivity index (χ2n) is 6.57. The Bertz CT molecular complexity index is 1130. The van der Waals surface area contributed by atoms with Crippen molar-refractivity contribution in [2.24, 2.45) is 0 Å². The number of hydrogen-bond donors (Lipinski definition) is 1. The fraction of sp³-hybridized carbons (Fsp3) is 0.136. The number of sulfonamides is 1. The Morgan fingerprint density at radius 2 is 1.70 bits per heavy atom. The SMILES string of the molecule is COc1ccc(Br)c(C(=O)Nc2ccc(S(=O)(=O)N(C)Cc3ccccc3)cc2)c1. The number of anilines is 1. The molecule has 0 bridgehead atoms. The lowest BCUT2D eigenvalue weighted by molar-refractivity contribution is 0.102. The van der Waals surface area contributed by atoms with Crippen LogP contribution in [0.3, 0.4) is 0 Å². The van der Waals surface area contributed by atoms with E-state index in [0.717, 1.165) is 5.56 Å². The minimum Gasteiger partial charge on any atom is -0.497 e. The summed E-state index contributed by atoms with van der Waals surface area (Å²) < 4.78 is 32.7. The van der Waals surface area contributed by atoms with Gasteiger partial charge in [-0.15, -0.1) is 0 Å². The first-order valence-electron chi connectivity index (χ1n) is 9.06. The first-order valence-corrected chi connectivity index (χ1v) is 11.3. The molecule has 0 unspecified atom stereocenters. The molecule has 0 aliphatic carbocycles. The standard InChI is InChI=1S/C22H21BrN2O4S/c1-25(15-16-6-4-3-5-7-16)30(27,28)19-11-8-17(9-12-19)24-22(26)20-14-18(29-2)10-13-21(20)23/h3-14H,15H2,1-2H3,(H,24,26). The van der Waals surface area contributed by atoms with Crippen LogP contribution in [0.25, 0.3) is 0 Å². The van der Waals surface area contributed by atoms with Gasteiger partial charge in [-0.2, -0.15) is 4.31 Å². The Morgan fingerprint density at radius 1 is 1.03 bits per heavy atom. The van der Waals surface area contributed by atoms with E-state index in [0.29, 0.717) is 21.5 Å². The summed E-state index contributed by atoms with van der Waals surface area (Å²) in [5, 5.41) is 2.77. The number of nitrogens with one attached hydrogen (secondary N) is 1. The first kappa shape index (κ1) is 22.0. The quantitative estimate of drug-likeness (QED) is 0.529. The molecule has 0 aromatic heterocycles. The Balaban J connectivity index is 1.73. The second kappa shape index (κ2) is 9.42. The van der Waals surface area contributed by atoms with E-state index in [-0.39, 0.29) is 17.3 Å². The minimum absolute atomic E-state index is 0.154. The fourth-order valence-electron chi connectivity index (χ4n) is 2.82. The van der Waals surface area contributed by atoms with Crippen LogP contribution in [0.4, 0.5) is 5.69 Å². The predicted molar refractivity (Wildman–Crippen MR) is 120 cm³/mol. The molecular weight excluding hydrogens is 468 g/mol. The van der Waals surface area contributed by atoms with Crippen molar-refractivity contribution in [1.82, 2.24) is 4.31 Å². The molecule has 0 spiro atoms. The molecule has 0 saturated carbocycles. The smallest absolute Gasteiger partial charge is 0.256 e. The molecule has 8 heteroatoms. The van der Waals surface area contributed by atoms with E-state index in [1.807, 2.05) is 30.3 Å². The topological polar surface area (TPSA) is 75.7 Å². The summed E-state index contributed by atoms with van der Waals surface area (Å²) in [6.45, 7) is 0.269. The molecule has 156 valence electrons. The van der Waals surface area contributed by atoms with Crippen molar-refractivity contribution in [2.45, 2.75) is 11.4 Å². The number of halogens is 1. The van der Waals surface area contributed by atoms with Crippen molar-refractivity contribution in [1.29, 1.82) is 0 Å². The van der Waals surface area contributed by atoms with Gasteiger partial charge >= 0.3 is 0 Å². The van der Waals surface area contributed by atoms with Crippen molar-refractivity contribution in [3.8, 4) is 5.75 Å². The lowest BCUT2D eigenvalue weighted by Gasteiger charge is -2.17. The molecule has 1 amide bonds. The van der Waals surface area contributed by atoms with Crippen LogP contribution in [0.2, 0.25) is 0 Å². The van der Waals surface area contributed by atoms with Gasteiger partial charge in [-0.05, 0) is 64.0 Å². The average molecular weight is 489 g/mol. The molecule has 0 saturated heterocycles. The van der Waals surface area contributed by atoms with Gasteiger partial charge in [-0.3, -0.25) is 4.79 Å². The van der Waals surface area contributed by atoms with Crippen LogP contribution < -0.4 is 10.1 Å². The number of amides is 1. The van der Waals surface area contributed by atoms with Crippen LogP contribution >= 0.6 is 15.9 Å². The molecule has 3 rings (SSSR count). The molecule has 6 nitrogen and oxygen atoms in total. The first-order chi connectivity index (χ1) is 14.3. The Labute approximate surface area is 184 Å². The molecule has 30 heavy (non-hydrogen) atoms. The monoisotopic (exact) mass is 488 g/mol. The van der Waals surface area contributed by atoms with E-state index in [2.05, 4.69) is 21.2 Å². The normalized spacial score (nSPS) is 11.3. The maximum absolute atomic E-state index is 12.8. The van der Waals surface area contributed by atoms with Crippen molar-refractivity contribution in [3.63, 3.8) is 0 Å². The predicted octanol–water partition coefficient (Wildman–Crippen LogP) is 4.53. The zero-order chi connectivity index (χ0) is 21.7. The van der Waals surface area contributed by atoms with Crippen molar-refractivity contribution >= 4 is 37.5 Å². The van der Waals surface area contributed by atoms with Gasteiger partial charge in [0.25, 0.3) is 5.91 Å². The number of hydrogen-bond acceptors (Lipinski definition) is 4. The van der Waals surface area contributed by atoms with Gasteiger partial charge in [0.2, 0.25) is 10.0 Å². The fourth-order valence-corrected chi connectivity index (χ4v) is 4.41. The van der Waals surface area contributed by atoms with Gasteiger partial charge in [-0.25, -0.2) is 8.42 Å². The van der Waals surface area contributed by atoms with E-state index in [1.54, 1.807) is 37.4 Å². The number of methoxy groups -OCH3 is 1. The van der Waals surface area contributed by atoms with E-state index in [4.69, 9.17) is 4.74 Å².